The lowest BCUT2D eigenvalue weighted by Gasteiger charge is -2.15. The van der Waals surface area contributed by atoms with Crippen LogP contribution in [0.3, 0.4) is 0 Å². The lowest BCUT2D eigenvalue weighted by molar-refractivity contribution is -0.129. The van der Waals surface area contributed by atoms with Gasteiger partial charge in [-0.15, -0.1) is 0 Å². The van der Waals surface area contributed by atoms with E-state index < -0.39 is 18.0 Å². The second kappa shape index (κ2) is 8.68. The van der Waals surface area contributed by atoms with Crippen molar-refractivity contribution in [2.75, 3.05) is 4.90 Å². The first-order valence-electron chi connectivity index (χ1n) is 9.35. The quantitative estimate of drug-likeness (QED) is 0.600. The van der Waals surface area contributed by atoms with Crippen molar-refractivity contribution in [3.05, 3.63) is 65.2 Å². The molecule has 29 heavy (non-hydrogen) atoms. The Morgan fingerprint density at radius 2 is 1.59 bits per heavy atom. The average molecular weight is 394 g/mol. The first-order chi connectivity index (χ1) is 13.8. The highest BCUT2D eigenvalue weighted by Gasteiger charge is 2.30. The first kappa shape index (κ1) is 20.3. The van der Waals surface area contributed by atoms with E-state index in [1.54, 1.807) is 0 Å². The van der Waals surface area contributed by atoms with Crippen LogP contribution in [0.1, 0.15) is 41.3 Å². The summed E-state index contributed by atoms with van der Waals surface area (Å²) in [6, 6.07) is 13.7. The molecule has 1 atom stereocenters. The molecule has 7 heteroatoms. The standard InChI is InChI=1S/C22H22N2O5/c1-14-3-5-16(6-4-14)13-23-21(27)15(2)29-22(28)17-7-9-18(10-8-17)24-19(25)11-12-20(24)26/h3-10,15H,11-13H2,1-2H3,(H,23,27)/t15-/m1/s1. The summed E-state index contributed by atoms with van der Waals surface area (Å²) in [4.78, 5) is 49.1. The molecule has 0 saturated carbocycles. The third kappa shape index (κ3) is 4.87. The number of anilines is 1. The number of nitrogens with zero attached hydrogens (tertiary/aromatic N) is 1. The minimum atomic E-state index is -0.964. The van der Waals surface area contributed by atoms with E-state index in [2.05, 4.69) is 5.32 Å². The SMILES string of the molecule is Cc1ccc(CNC(=O)[C@@H](C)OC(=O)c2ccc(N3C(=O)CCC3=O)cc2)cc1. The van der Waals surface area contributed by atoms with E-state index in [0.717, 1.165) is 16.0 Å². The summed E-state index contributed by atoms with van der Waals surface area (Å²) in [7, 11) is 0. The van der Waals surface area contributed by atoms with Crippen LogP contribution in [0.4, 0.5) is 5.69 Å². The number of aryl methyl sites for hydroxylation is 1. The van der Waals surface area contributed by atoms with E-state index in [1.807, 2.05) is 31.2 Å². The minimum absolute atomic E-state index is 0.192. The van der Waals surface area contributed by atoms with Crippen molar-refractivity contribution in [2.45, 2.75) is 39.3 Å². The molecule has 7 nitrogen and oxygen atoms in total. The zero-order chi connectivity index (χ0) is 21.0. The maximum absolute atomic E-state index is 12.3. The van der Waals surface area contributed by atoms with Crippen LogP contribution in [0.2, 0.25) is 0 Å². The van der Waals surface area contributed by atoms with Crippen LogP contribution in [-0.4, -0.2) is 29.8 Å². The highest BCUT2D eigenvalue weighted by molar-refractivity contribution is 6.19. The summed E-state index contributed by atoms with van der Waals surface area (Å²) in [5.41, 5.74) is 2.72. The van der Waals surface area contributed by atoms with Gasteiger partial charge in [0.05, 0.1) is 11.3 Å². The number of benzene rings is 2. The normalized spacial score (nSPS) is 14.6. The number of carbonyl (C=O) groups is 4. The van der Waals surface area contributed by atoms with Crippen LogP contribution >= 0.6 is 0 Å². The Balaban J connectivity index is 1.54. The summed E-state index contributed by atoms with van der Waals surface area (Å²) < 4.78 is 5.21. The van der Waals surface area contributed by atoms with Gasteiger partial charge in [-0.25, -0.2) is 4.79 Å². The molecule has 1 N–H and O–H groups in total. The van der Waals surface area contributed by atoms with Gasteiger partial charge in [-0.1, -0.05) is 29.8 Å². The van der Waals surface area contributed by atoms with Crippen LogP contribution in [0.15, 0.2) is 48.5 Å². The molecule has 2 aromatic rings. The van der Waals surface area contributed by atoms with Crippen molar-refractivity contribution in [3.8, 4) is 0 Å². The summed E-state index contributed by atoms with van der Waals surface area (Å²) in [6.45, 7) is 3.82. The topological polar surface area (TPSA) is 92.8 Å². The molecule has 3 rings (SSSR count). The number of hydrogen-bond donors (Lipinski definition) is 1. The summed E-state index contributed by atoms with van der Waals surface area (Å²) in [5, 5.41) is 2.73. The number of rotatable bonds is 6. The summed E-state index contributed by atoms with van der Waals surface area (Å²) in [6.07, 6.45) is -0.579. The molecule has 2 aromatic carbocycles. The third-order valence-corrected chi connectivity index (χ3v) is 4.65. The van der Waals surface area contributed by atoms with Gasteiger partial charge in [0.15, 0.2) is 6.10 Å². The Hall–Kier alpha value is -3.48. The molecule has 1 saturated heterocycles. The molecule has 0 unspecified atom stereocenters. The van der Waals surface area contributed by atoms with Gasteiger partial charge < -0.3 is 10.1 Å². The second-order valence-corrected chi connectivity index (χ2v) is 6.92. The molecular formula is C22H22N2O5. The van der Waals surface area contributed by atoms with E-state index in [-0.39, 0.29) is 30.2 Å². The molecular weight excluding hydrogens is 372 g/mol. The third-order valence-electron chi connectivity index (χ3n) is 4.65. The van der Waals surface area contributed by atoms with Gasteiger partial charge in [0.25, 0.3) is 5.91 Å². The van der Waals surface area contributed by atoms with Crippen molar-refractivity contribution in [1.29, 1.82) is 0 Å². The van der Waals surface area contributed by atoms with Gasteiger partial charge in [-0.2, -0.15) is 0 Å². The fourth-order valence-corrected chi connectivity index (χ4v) is 2.93. The van der Waals surface area contributed by atoms with Crippen molar-refractivity contribution >= 4 is 29.4 Å². The van der Waals surface area contributed by atoms with Gasteiger partial charge in [-0.3, -0.25) is 19.3 Å². The predicted molar refractivity (Wildman–Crippen MR) is 106 cm³/mol. The van der Waals surface area contributed by atoms with Crippen LogP contribution in [-0.2, 0) is 25.7 Å². The number of hydrogen-bond acceptors (Lipinski definition) is 5. The minimum Gasteiger partial charge on any atom is -0.449 e. The Kier molecular flexibility index (Phi) is 6.07. The number of ether oxygens (including phenoxy) is 1. The molecule has 150 valence electrons. The predicted octanol–water partition coefficient (Wildman–Crippen LogP) is 2.51. The highest BCUT2D eigenvalue weighted by atomic mass is 16.5. The van der Waals surface area contributed by atoms with Gasteiger partial charge in [0, 0.05) is 19.4 Å². The Bertz CT molecular complexity index is 919. The van der Waals surface area contributed by atoms with Gasteiger partial charge >= 0.3 is 5.97 Å². The van der Waals surface area contributed by atoms with E-state index in [4.69, 9.17) is 4.74 Å². The van der Waals surface area contributed by atoms with E-state index in [0.29, 0.717) is 12.2 Å². The van der Waals surface area contributed by atoms with Gasteiger partial charge in [0.2, 0.25) is 11.8 Å². The van der Waals surface area contributed by atoms with Crippen LogP contribution in [0.25, 0.3) is 0 Å². The van der Waals surface area contributed by atoms with Crippen molar-refractivity contribution in [3.63, 3.8) is 0 Å². The first-order valence-corrected chi connectivity index (χ1v) is 9.35. The smallest absolute Gasteiger partial charge is 0.338 e. The molecule has 0 aromatic heterocycles. The number of nitrogens with one attached hydrogen (secondary N) is 1. The van der Waals surface area contributed by atoms with Gasteiger partial charge in [0.1, 0.15) is 0 Å². The van der Waals surface area contributed by atoms with Crippen molar-refractivity contribution < 1.29 is 23.9 Å². The average Bonchev–Trinajstić information content (AvgIpc) is 3.05. The zero-order valence-electron chi connectivity index (χ0n) is 16.3. The molecule has 1 fully saturated rings. The van der Waals surface area contributed by atoms with Gasteiger partial charge in [-0.05, 0) is 43.7 Å². The molecule has 1 aliphatic rings. The lowest BCUT2D eigenvalue weighted by Crippen LogP contribution is -2.35. The Morgan fingerprint density at radius 1 is 1.00 bits per heavy atom. The summed E-state index contributed by atoms with van der Waals surface area (Å²) in [5.74, 6) is -1.58. The fourth-order valence-electron chi connectivity index (χ4n) is 2.93. The molecule has 1 aliphatic heterocycles. The van der Waals surface area contributed by atoms with Crippen LogP contribution < -0.4 is 10.2 Å². The van der Waals surface area contributed by atoms with Crippen molar-refractivity contribution in [1.82, 2.24) is 5.32 Å². The highest BCUT2D eigenvalue weighted by Crippen LogP contribution is 2.23. The largest absolute Gasteiger partial charge is 0.449 e. The van der Waals surface area contributed by atoms with E-state index >= 15 is 0 Å². The Labute approximate surface area is 168 Å². The second-order valence-electron chi connectivity index (χ2n) is 6.92. The van der Waals surface area contributed by atoms with E-state index in [9.17, 15) is 19.2 Å². The molecule has 0 aliphatic carbocycles. The molecule has 1 heterocycles. The number of esters is 1. The van der Waals surface area contributed by atoms with E-state index in [1.165, 1.54) is 31.2 Å². The summed E-state index contributed by atoms with van der Waals surface area (Å²) >= 11 is 0. The van der Waals surface area contributed by atoms with Crippen LogP contribution in [0, 0.1) is 6.92 Å². The number of carbonyl (C=O) groups excluding carboxylic acids is 4. The maximum Gasteiger partial charge on any atom is 0.338 e. The maximum atomic E-state index is 12.3. The zero-order valence-corrected chi connectivity index (χ0v) is 16.3. The molecule has 0 radical (unpaired) electrons. The van der Waals surface area contributed by atoms with Crippen LogP contribution in [0.5, 0.6) is 0 Å². The fraction of sp³-hybridized carbons (Fsp3) is 0.273. The lowest BCUT2D eigenvalue weighted by atomic mass is 10.1. The molecule has 3 amide bonds. The van der Waals surface area contributed by atoms with Crippen molar-refractivity contribution in [2.24, 2.45) is 0 Å². The number of imide groups is 1. The number of amides is 3. The molecule has 0 spiro atoms. The monoisotopic (exact) mass is 394 g/mol. The molecule has 0 bridgehead atoms. The Morgan fingerprint density at radius 3 is 2.17 bits per heavy atom.